The maximum absolute atomic E-state index is 5.58. The van der Waals surface area contributed by atoms with Gasteiger partial charge in [-0.2, -0.15) is 0 Å². The van der Waals surface area contributed by atoms with Crippen LogP contribution in [0.25, 0.3) is 0 Å². The molecule has 0 unspecified atom stereocenters. The first-order chi connectivity index (χ1) is 8.17. The predicted molar refractivity (Wildman–Crippen MR) is 74.6 cm³/mol. The van der Waals surface area contributed by atoms with Gasteiger partial charge in [-0.1, -0.05) is 19.1 Å². The molecule has 0 amide bonds. The number of nitrogens with two attached hydrogens (primary N) is 1. The molecular formula is C13H26N2O2. The van der Waals surface area contributed by atoms with E-state index in [0.717, 1.165) is 12.3 Å². The Labute approximate surface area is 105 Å². The molecule has 3 N–H and O–H groups in total. The van der Waals surface area contributed by atoms with Crippen molar-refractivity contribution >= 4 is 5.69 Å². The summed E-state index contributed by atoms with van der Waals surface area (Å²) >= 11 is 0. The zero-order chi connectivity index (χ0) is 13.5. The Bertz CT molecular complexity index is 253. The molecule has 0 spiro atoms. The van der Waals surface area contributed by atoms with E-state index in [4.69, 9.17) is 10.5 Å². The Morgan fingerprint density at radius 3 is 2.00 bits per heavy atom. The van der Waals surface area contributed by atoms with Gasteiger partial charge in [0.25, 0.3) is 0 Å². The monoisotopic (exact) mass is 242 g/mol. The molecule has 100 valence electrons. The summed E-state index contributed by atoms with van der Waals surface area (Å²) < 4.78 is 9.46. The molecule has 0 aliphatic rings. The summed E-state index contributed by atoms with van der Waals surface area (Å²) in [6, 6.07) is 7.48. The van der Waals surface area contributed by atoms with Crippen LogP contribution in [-0.4, -0.2) is 34.4 Å². The molecule has 0 heterocycles. The van der Waals surface area contributed by atoms with Gasteiger partial charge in [-0.05, 0) is 32.6 Å². The molecule has 0 atom stereocenters. The Morgan fingerprint density at radius 2 is 1.65 bits per heavy atom. The summed E-state index contributed by atoms with van der Waals surface area (Å²) in [6.45, 7) is 5.74. The van der Waals surface area contributed by atoms with Crippen LogP contribution in [0.5, 0.6) is 5.75 Å². The Hall–Kier alpha value is -1.26. The van der Waals surface area contributed by atoms with E-state index in [2.05, 4.69) is 17.0 Å². The number of para-hydroxylation sites is 2. The van der Waals surface area contributed by atoms with E-state index < -0.39 is 0 Å². The Kier molecular flexibility index (Phi) is 15.7. The molecule has 1 aromatic carbocycles. The van der Waals surface area contributed by atoms with Crippen LogP contribution in [0.4, 0.5) is 5.69 Å². The van der Waals surface area contributed by atoms with Crippen LogP contribution in [0.3, 0.4) is 0 Å². The molecule has 1 rings (SSSR count). The highest BCUT2D eigenvalue weighted by Crippen LogP contribution is 2.18. The highest BCUT2D eigenvalue weighted by molar-refractivity contribution is 5.51. The first-order valence-electron chi connectivity index (χ1n) is 5.69. The quantitative estimate of drug-likeness (QED) is 0.797. The highest BCUT2D eigenvalue weighted by atomic mass is 16.5. The zero-order valence-electron chi connectivity index (χ0n) is 11.6. The van der Waals surface area contributed by atoms with Crippen molar-refractivity contribution in [2.24, 2.45) is 0 Å². The van der Waals surface area contributed by atoms with Crippen LogP contribution in [0.15, 0.2) is 24.3 Å². The molecule has 0 aliphatic carbocycles. The standard InChI is InChI=1S/C8H11NO.C3H9N.C2H6O/c1-2-10-8-6-4-3-5-7(8)9;1-3-4-2;1-3-2/h3-6H,2,9H2,1H3;4H,3H2,1-2H3;1-2H3. The van der Waals surface area contributed by atoms with Gasteiger partial charge in [0.2, 0.25) is 0 Å². The largest absolute Gasteiger partial charge is 0.492 e. The lowest BCUT2D eigenvalue weighted by Crippen LogP contribution is -2.01. The number of nitrogens with one attached hydrogen (secondary N) is 1. The topological polar surface area (TPSA) is 56.5 Å². The molecule has 0 aliphatic heterocycles. The minimum Gasteiger partial charge on any atom is -0.492 e. The zero-order valence-corrected chi connectivity index (χ0v) is 11.6. The molecule has 4 heteroatoms. The highest BCUT2D eigenvalue weighted by Gasteiger charge is 1.93. The Balaban J connectivity index is 0. The van der Waals surface area contributed by atoms with Gasteiger partial charge in [0, 0.05) is 14.2 Å². The van der Waals surface area contributed by atoms with E-state index in [1.807, 2.05) is 38.2 Å². The van der Waals surface area contributed by atoms with Crippen molar-refractivity contribution in [2.75, 3.05) is 40.2 Å². The van der Waals surface area contributed by atoms with E-state index in [-0.39, 0.29) is 0 Å². The SMILES string of the molecule is CCNC.CCOc1ccccc1N.COC. The van der Waals surface area contributed by atoms with Gasteiger partial charge in [-0.15, -0.1) is 0 Å². The molecule has 4 nitrogen and oxygen atoms in total. The lowest BCUT2D eigenvalue weighted by molar-refractivity contribution is 0.277. The van der Waals surface area contributed by atoms with Gasteiger partial charge in [-0.3, -0.25) is 0 Å². The van der Waals surface area contributed by atoms with Gasteiger partial charge in [-0.25, -0.2) is 0 Å². The summed E-state index contributed by atoms with van der Waals surface area (Å²) in [4.78, 5) is 0. The number of hydrogen-bond acceptors (Lipinski definition) is 4. The van der Waals surface area contributed by atoms with Crippen LogP contribution in [-0.2, 0) is 4.74 Å². The molecule has 0 fully saturated rings. The summed E-state index contributed by atoms with van der Waals surface area (Å²) in [5.41, 5.74) is 6.28. The summed E-state index contributed by atoms with van der Waals surface area (Å²) in [6.07, 6.45) is 0. The number of ether oxygens (including phenoxy) is 2. The smallest absolute Gasteiger partial charge is 0.142 e. The van der Waals surface area contributed by atoms with Crippen molar-refractivity contribution in [1.82, 2.24) is 5.32 Å². The molecular weight excluding hydrogens is 216 g/mol. The van der Waals surface area contributed by atoms with Gasteiger partial charge < -0.3 is 20.5 Å². The molecule has 0 bridgehead atoms. The average Bonchev–Trinajstić information content (AvgIpc) is 2.34. The van der Waals surface area contributed by atoms with Gasteiger partial charge in [0.1, 0.15) is 5.75 Å². The van der Waals surface area contributed by atoms with Crippen molar-refractivity contribution in [3.05, 3.63) is 24.3 Å². The number of methoxy groups -OCH3 is 1. The van der Waals surface area contributed by atoms with Crippen molar-refractivity contribution in [2.45, 2.75) is 13.8 Å². The van der Waals surface area contributed by atoms with E-state index in [1.54, 1.807) is 14.2 Å². The third-order valence-electron chi connectivity index (χ3n) is 1.57. The fraction of sp³-hybridized carbons (Fsp3) is 0.538. The number of rotatable bonds is 3. The average molecular weight is 242 g/mol. The summed E-state index contributed by atoms with van der Waals surface area (Å²) in [5.74, 6) is 0.769. The minimum absolute atomic E-state index is 0.661. The normalized spacial score (nSPS) is 8.29. The van der Waals surface area contributed by atoms with E-state index in [0.29, 0.717) is 12.3 Å². The second-order valence-corrected chi connectivity index (χ2v) is 3.09. The van der Waals surface area contributed by atoms with Crippen LogP contribution in [0.2, 0.25) is 0 Å². The first kappa shape index (κ1) is 18.1. The van der Waals surface area contributed by atoms with Gasteiger partial charge in [0.15, 0.2) is 0 Å². The predicted octanol–water partition coefficient (Wildman–Crippen LogP) is 2.16. The van der Waals surface area contributed by atoms with Crippen LogP contribution >= 0.6 is 0 Å². The van der Waals surface area contributed by atoms with Crippen LogP contribution in [0, 0.1) is 0 Å². The second-order valence-electron chi connectivity index (χ2n) is 3.09. The van der Waals surface area contributed by atoms with E-state index >= 15 is 0 Å². The molecule has 1 aromatic rings. The lowest BCUT2D eigenvalue weighted by atomic mass is 10.3. The van der Waals surface area contributed by atoms with Crippen molar-refractivity contribution < 1.29 is 9.47 Å². The summed E-state index contributed by atoms with van der Waals surface area (Å²) in [5, 5.41) is 2.93. The number of nitrogen functional groups attached to an aromatic ring is 1. The number of anilines is 1. The fourth-order valence-corrected chi connectivity index (χ4v) is 0.767. The molecule has 0 aromatic heterocycles. The number of hydrogen-bond donors (Lipinski definition) is 2. The van der Waals surface area contributed by atoms with Gasteiger partial charge >= 0.3 is 0 Å². The third-order valence-corrected chi connectivity index (χ3v) is 1.57. The van der Waals surface area contributed by atoms with Gasteiger partial charge in [0.05, 0.1) is 12.3 Å². The molecule has 0 saturated heterocycles. The van der Waals surface area contributed by atoms with Crippen molar-refractivity contribution in [3.63, 3.8) is 0 Å². The first-order valence-corrected chi connectivity index (χ1v) is 5.69. The molecule has 17 heavy (non-hydrogen) atoms. The van der Waals surface area contributed by atoms with Crippen LogP contribution in [0.1, 0.15) is 13.8 Å². The maximum atomic E-state index is 5.58. The second kappa shape index (κ2) is 14.7. The molecule has 0 radical (unpaired) electrons. The Morgan fingerprint density at radius 1 is 1.18 bits per heavy atom. The maximum Gasteiger partial charge on any atom is 0.142 e. The van der Waals surface area contributed by atoms with Crippen molar-refractivity contribution in [3.8, 4) is 5.75 Å². The lowest BCUT2D eigenvalue weighted by Gasteiger charge is -2.04. The van der Waals surface area contributed by atoms with Crippen molar-refractivity contribution in [1.29, 1.82) is 0 Å². The van der Waals surface area contributed by atoms with E-state index in [9.17, 15) is 0 Å². The third kappa shape index (κ3) is 12.7. The van der Waals surface area contributed by atoms with E-state index in [1.165, 1.54) is 0 Å². The fourth-order valence-electron chi connectivity index (χ4n) is 0.767. The summed E-state index contributed by atoms with van der Waals surface area (Å²) in [7, 11) is 5.18. The van der Waals surface area contributed by atoms with Crippen LogP contribution < -0.4 is 15.8 Å². The minimum atomic E-state index is 0.661. The molecule has 0 saturated carbocycles. The number of benzene rings is 1.